The number of unbranched alkanes of at least 4 members (excludes halogenated alkanes) is 4. The summed E-state index contributed by atoms with van der Waals surface area (Å²) in [4.78, 5) is 65.2. The van der Waals surface area contributed by atoms with E-state index in [1.807, 2.05) is 27.7 Å². The maximum Gasteiger partial charge on any atom is 4.00 e. The molecule has 0 aromatic rings. The van der Waals surface area contributed by atoms with E-state index in [0.717, 1.165) is 103 Å². The molecule has 21 heteroatoms. The molecule has 0 spiro atoms. The number of phosphoric ester groups is 2. The van der Waals surface area contributed by atoms with Crippen molar-refractivity contribution < 1.29 is 97.1 Å². The molecule has 0 amide bonds. The fraction of sp³-hybridized carbons (Fsp3) is 1.00. The zero-order valence-corrected chi connectivity index (χ0v) is 39.9. The molecule has 16 nitrogen and oxygen atoms in total. The quantitative estimate of drug-likeness (QED) is 0.0596. The Hall–Kier alpha value is 1.47. The molecule has 0 fully saturated rings. The fourth-order valence-electron chi connectivity index (χ4n) is 4.80. The minimum atomic E-state index is -5.48. The first-order chi connectivity index (χ1) is 25.3. The van der Waals surface area contributed by atoms with Crippen molar-refractivity contribution in [2.24, 2.45) is 23.7 Å². The summed E-state index contributed by atoms with van der Waals surface area (Å²) >= 11 is 0. The van der Waals surface area contributed by atoms with Gasteiger partial charge in [0.2, 0.25) is 0 Å². The average molecular weight is 911 g/mol. The molecular formula is C34H74O16P4Ti. The van der Waals surface area contributed by atoms with Gasteiger partial charge in [-0.1, -0.05) is 137 Å². The molecule has 2 N–H and O–H groups in total. The molecule has 55 heavy (non-hydrogen) atoms. The Morgan fingerprint density at radius 2 is 0.745 bits per heavy atom. The molecule has 4 atom stereocenters. The Kier molecular flexibility index (Phi) is 44.1. The van der Waals surface area contributed by atoms with Crippen LogP contribution in [0.25, 0.3) is 0 Å². The minimum Gasteiger partial charge on any atom is -0.855 e. The zero-order chi connectivity index (χ0) is 42.1. The Balaban J connectivity index is -0.000000423. The summed E-state index contributed by atoms with van der Waals surface area (Å²) in [5.74, 6) is 0.527. The second-order valence-electron chi connectivity index (χ2n) is 13.3. The van der Waals surface area contributed by atoms with Gasteiger partial charge in [-0.25, -0.2) is 4.57 Å². The van der Waals surface area contributed by atoms with Crippen molar-refractivity contribution in [3.8, 4) is 0 Å². The molecule has 0 aromatic heterocycles. The Labute approximate surface area is 349 Å². The van der Waals surface area contributed by atoms with E-state index in [9.17, 15) is 28.7 Å². The summed E-state index contributed by atoms with van der Waals surface area (Å²) in [6.07, 6.45) is 14.9. The van der Waals surface area contributed by atoms with Crippen LogP contribution in [0.1, 0.15) is 158 Å². The van der Waals surface area contributed by atoms with E-state index in [-0.39, 0.29) is 71.8 Å². The summed E-state index contributed by atoms with van der Waals surface area (Å²) in [5, 5.41) is 18.0. The van der Waals surface area contributed by atoms with Crippen LogP contribution in [0.5, 0.6) is 0 Å². The first-order valence-corrected chi connectivity index (χ1v) is 25.7. The van der Waals surface area contributed by atoms with Crippen LogP contribution in [0.15, 0.2) is 0 Å². The first kappa shape index (κ1) is 63.1. The van der Waals surface area contributed by atoms with Crippen molar-refractivity contribution in [2.45, 2.75) is 158 Å². The van der Waals surface area contributed by atoms with E-state index in [2.05, 4.69) is 36.3 Å². The molecular weight excluding hydrogens is 836 g/mol. The smallest absolute Gasteiger partial charge is 0.855 e. The van der Waals surface area contributed by atoms with Crippen LogP contribution >= 0.6 is 32.0 Å². The number of hydrogen-bond acceptors (Lipinski definition) is 14. The van der Waals surface area contributed by atoms with Gasteiger partial charge in [-0.05, 0) is 49.4 Å². The van der Waals surface area contributed by atoms with Crippen LogP contribution in [0.4, 0.5) is 0 Å². The minimum absolute atomic E-state index is 0. The second kappa shape index (κ2) is 38.4. The van der Waals surface area contributed by atoms with E-state index in [1.54, 1.807) is 0 Å². The summed E-state index contributed by atoms with van der Waals surface area (Å²) in [6, 6.07) is 0. The van der Waals surface area contributed by atoms with Crippen LogP contribution in [0.3, 0.4) is 0 Å². The van der Waals surface area contributed by atoms with Crippen LogP contribution in [0, 0.1) is 23.7 Å². The molecule has 0 rings (SSSR count). The predicted molar refractivity (Wildman–Crippen MR) is 202 cm³/mol. The molecule has 0 aliphatic rings. The maximum atomic E-state index is 12.7. The molecule has 0 saturated carbocycles. The van der Waals surface area contributed by atoms with Crippen molar-refractivity contribution in [2.75, 3.05) is 39.6 Å². The molecule has 0 aromatic carbocycles. The summed E-state index contributed by atoms with van der Waals surface area (Å²) < 4.78 is 51.6. The number of hydrogen-bond donors (Lipinski definition) is 2. The third-order valence-corrected chi connectivity index (χ3v) is 13.6. The number of rotatable bonds is 33. The van der Waals surface area contributed by atoms with Gasteiger partial charge in [0.25, 0.3) is 0 Å². The van der Waals surface area contributed by atoms with Gasteiger partial charge in [0.1, 0.15) is 7.82 Å². The third kappa shape index (κ3) is 40.6. The van der Waals surface area contributed by atoms with Crippen molar-refractivity contribution >= 4 is 32.0 Å². The molecule has 330 valence electrons. The topological polar surface area (TPSA) is 268 Å². The summed E-state index contributed by atoms with van der Waals surface area (Å²) in [7, 11) is -19.2. The molecule has 0 saturated heterocycles. The third-order valence-electron chi connectivity index (χ3n) is 8.54. The fourth-order valence-corrected chi connectivity index (χ4v) is 9.30. The van der Waals surface area contributed by atoms with Gasteiger partial charge in [0.05, 0.1) is 26.4 Å². The van der Waals surface area contributed by atoms with E-state index >= 15 is 0 Å². The van der Waals surface area contributed by atoms with E-state index in [0.29, 0.717) is 0 Å². The van der Waals surface area contributed by atoms with Crippen molar-refractivity contribution in [1.29, 1.82) is 0 Å². The summed E-state index contributed by atoms with van der Waals surface area (Å²) in [6.45, 7) is 15.5. The largest absolute Gasteiger partial charge is 4.00 e. The molecule has 0 radical (unpaired) electrons. The SMILES string of the molecule is CCCCC(CC)CO[P+]([O-])(OCC(CC)CCCC)OP(=O)(O)O.CCCCC(CC)CO[P+]([O-])(OCC(CC)CCCC)OP(=O)([O-])[O-].[O-]CC[O-].[Ti+4]. The maximum absolute atomic E-state index is 12.7. The molecule has 4 unspecified atom stereocenters. The van der Waals surface area contributed by atoms with Gasteiger partial charge >= 0.3 is 45.9 Å². The number of phosphoric acid groups is 4. The van der Waals surface area contributed by atoms with Crippen LogP contribution in [-0.4, -0.2) is 49.4 Å². The van der Waals surface area contributed by atoms with Gasteiger partial charge in [-0.15, -0.1) is 0 Å². The standard InChI is InChI=1S/2C16H36O7P2.C2H4O2.Ti/c2*1-5-9-11-15(7-3)13-21-25(20,23-24(17,18)19)22-14-16(8-4)12-10-6-2;3-1-2-4;/h2*15-16H,5-14H2,1-4H3,(H2,17,18,19);1-2H2;/q;;-2;+4/p-2. The van der Waals surface area contributed by atoms with Crippen LogP contribution in [-0.2, 0) is 57.6 Å². The molecule has 0 aliphatic heterocycles. The van der Waals surface area contributed by atoms with E-state index in [1.165, 1.54) is 0 Å². The van der Waals surface area contributed by atoms with E-state index in [4.69, 9.17) is 38.1 Å². The van der Waals surface area contributed by atoms with Gasteiger partial charge in [-0.3, -0.25) is 0 Å². The molecule has 0 aliphatic carbocycles. The van der Waals surface area contributed by atoms with Gasteiger partial charge < -0.3 is 44.1 Å². The Morgan fingerprint density at radius 1 is 0.509 bits per heavy atom. The van der Waals surface area contributed by atoms with Crippen molar-refractivity contribution in [3.63, 3.8) is 0 Å². The normalized spacial score (nSPS) is 16.2. The molecule has 0 heterocycles. The average Bonchev–Trinajstić information content (AvgIpc) is 3.11. The Bertz CT molecular complexity index is 821. The second-order valence-corrected chi connectivity index (χ2v) is 19.3. The monoisotopic (exact) mass is 910 g/mol. The van der Waals surface area contributed by atoms with E-state index < -0.39 is 45.2 Å². The van der Waals surface area contributed by atoms with Crippen molar-refractivity contribution in [3.05, 3.63) is 0 Å². The summed E-state index contributed by atoms with van der Waals surface area (Å²) in [5.41, 5.74) is 0. The van der Waals surface area contributed by atoms with Gasteiger partial charge in [0, 0.05) is 0 Å². The Morgan fingerprint density at radius 3 is 0.909 bits per heavy atom. The molecule has 0 bridgehead atoms. The van der Waals surface area contributed by atoms with Crippen LogP contribution < -0.4 is 29.8 Å². The van der Waals surface area contributed by atoms with Crippen molar-refractivity contribution in [1.82, 2.24) is 0 Å². The first-order valence-electron chi connectivity index (χ1n) is 19.7. The zero-order valence-electron chi connectivity index (χ0n) is 34.8. The van der Waals surface area contributed by atoms with Gasteiger partial charge in [-0.2, -0.15) is 35.6 Å². The predicted octanol–water partition coefficient (Wildman–Crippen LogP) is 5.64. The van der Waals surface area contributed by atoms with Crippen LogP contribution in [0.2, 0.25) is 0 Å². The van der Waals surface area contributed by atoms with Gasteiger partial charge in [0.15, 0.2) is 0 Å².